The van der Waals surface area contributed by atoms with Crippen LogP contribution in [0.2, 0.25) is 0 Å². The first-order valence-electron chi connectivity index (χ1n) is 22.8. The van der Waals surface area contributed by atoms with Gasteiger partial charge in [-0.1, -0.05) is 168 Å². The monoisotopic (exact) mass is 1080 g/mol. The van der Waals surface area contributed by atoms with Crippen LogP contribution in [0.25, 0.3) is 105 Å². The number of nitrogens with zero attached hydrogens (tertiary/aromatic N) is 2. The zero-order chi connectivity index (χ0) is 49.0. The van der Waals surface area contributed by atoms with Gasteiger partial charge in [0.15, 0.2) is 0 Å². The number of nitrogens with one attached hydrogen (secondary N) is 2. The van der Waals surface area contributed by atoms with Crippen molar-refractivity contribution >= 4 is 118 Å². The van der Waals surface area contributed by atoms with Crippen LogP contribution < -0.4 is 20.2 Å². The molecule has 0 atom stereocenters. The topological polar surface area (TPSA) is 141 Å². The van der Waals surface area contributed by atoms with Crippen LogP contribution in [0.4, 0.5) is 0 Å². The van der Waals surface area contributed by atoms with E-state index in [1.54, 1.807) is 57.5 Å². The van der Waals surface area contributed by atoms with E-state index in [1.165, 1.54) is 0 Å². The minimum absolute atomic E-state index is 0. The number of thiazole rings is 4. The molecule has 0 spiro atoms. The van der Waals surface area contributed by atoms with Crippen molar-refractivity contribution in [2.45, 2.75) is 0 Å². The third kappa shape index (κ3) is 10.8. The van der Waals surface area contributed by atoms with E-state index >= 15 is 0 Å². The molecule has 0 amide bonds. The number of para-hydroxylation sites is 6. The first kappa shape index (κ1) is 51.2. The van der Waals surface area contributed by atoms with Crippen molar-refractivity contribution in [3.63, 3.8) is 0 Å². The molecular formula is C60H40BeN4O4S4Zn+2. The Kier molecular flexibility index (Phi) is 15.9. The minimum Gasteiger partial charge on any atom is -0.871 e. The maximum atomic E-state index is 12.6. The van der Waals surface area contributed by atoms with E-state index < -0.39 is 0 Å². The number of aromatic amines is 2. The van der Waals surface area contributed by atoms with E-state index in [1.807, 2.05) is 194 Å². The molecule has 10 aromatic carbocycles. The average molecular weight is 1080 g/mol. The SMILES string of the molecule is Oc1ccccc1-c1nc2ccccc2s1.Oc1ccccc1-c1nc2ccccc2s1.[Be+2].[O-]c1c(-c2[nH+]c3ccccc3s2)ccc2ccccc12.[O-]c1c(-c2[nH+]c3ccccc3s2)ccc2ccccc12.[Zn]. The Morgan fingerprint density at radius 1 is 0.351 bits per heavy atom. The molecule has 0 aliphatic heterocycles. The normalized spacial score (nSPS) is 10.7. The van der Waals surface area contributed by atoms with Gasteiger partial charge in [0.05, 0.1) is 42.7 Å². The molecule has 350 valence electrons. The second kappa shape index (κ2) is 23.0. The van der Waals surface area contributed by atoms with Gasteiger partial charge in [-0.3, -0.25) is 0 Å². The van der Waals surface area contributed by atoms with E-state index in [0.717, 1.165) is 105 Å². The summed E-state index contributed by atoms with van der Waals surface area (Å²) < 4.78 is 4.60. The predicted octanol–water partition coefficient (Wildman–Crippen LogP) is 14.2. The van der Waals surface area contributed by atoms with Gasteiger partial charge in [0.1, 0.15) is 30.9 Å². The second-order valence-electron chi connectivity index (χ2n) is 16.4. The quantitative estimate of drug-likeness (QED) is 0.168. The fourth-order valence-electron chi connectivity index (χ4n) is 8.21. The van der Waals surface area contributed by atoms with Gasteiger partial charge in [-0.25, -0.2) is 9.97 Å². The smallest absolute Gasteiger partial charge is 0.871 e. The molecule has 0 bridgehead atoms. The number of benzene rings is 10. The third-order valence-corrected chi connectivity index (χ3v) is 16.1. The van der Waals surface area contributed by atoms with E-state index in [0.29, 0.717) is 0 Å². The molecule has 0 saturated carbocycles. The van der Waals surface area contributed by atoms with Gasteiger partial charge in [0.2, 0.25) is 11.0 Å². The number of hydrogen-bond donors (Lipinski definition) is 2. The molecule has 0 unspecified atom stereocenters. The number of hydrogen-bond acceptors (Lipinski definition) is 10. The number of aromatic nitrogens is 4. The standard InChI is InChI=1S/2C17H11NOS.2C13H9NOS.Be.Zn/c2*19-16-12-6-2-1-5-11(12)9-10-13(16)17-18-14-7-3-4-8-15(14)20-17;2*15-11-7-3-1-5-9(11)13-14-10-6-2-4-8-12(10)16-13;;/h2*1-10,19H;2*1-8,15H;;/q;;;;+2;. The molecule has 0 aliphatic rings. The molecule has 0 radical (unpaired) electrons. The number of fused-ring (bicyclic) bond motifs is 6. The Morgan fingerprint density at radius 2 is 0.703 bits per heavy atom. The molecule has 0 aliphatic carbocycles. The van der Waals surface area contributed by atoms with E-state index in [2.05, 4.69) is 32.1 Å². The number of rotatable bonds is 4. The Labute approximate surface area is 457 Å². The van der Waals surface area contributed by atoms with Gasteiger partial charge in [-0.05, 0) is 94.3 Å². The Balaban J connectivity index is 0.000000121. The summed E-state index contributed by atoms with van der Waals surface area (Å²) in [7, 11) is 0. The number of aromatic hydroxyl groups is 2. The zero-order valence-corrected chi connectivity index (χ0v) is 45.7. The summed E-state index contributed by atoms with van der Waals surface area (Å²) in [4.78, 5) is 15.7. The zero-order valence-electron chi connectivity index (χ0n) is 39.4. The van der Waals surface area contributed by atoms with Crippen LogP contribution in [-0.2, 0) is 19.5 Å². The second-order valence-corrected chi connectivity index (χ2v) is 20.6. The third-order valence-electron chi connectivity index (χ3n) is 11.8. The van der Waals surface area contributed by atoms with Crippen molar-refractivity contribution in [2.24, 2.45) is 0 Å². The Hall–Kier alpha value is -7.73. The summed E-state index contributed by atoms with van der Waals surface area (Å²) in [6.45, 7) is 0. The van der Waals surface area contributed by atoms with Crippen LogP contribution in [-0.4, -0.2) is 30.3 Å². The van der Waals surface area contributed by atoms with Gasteiger partial charge in [-0.2, -0.15) is 9.97 Å². The first-order chi connectivity index (χ1) is 35.3. The molecule has 4 aromatic heterocycles. The van der Waals surface area contributed by atoms with Gasteiger partial charge in [0.25, 0.3) is 10.0 Å². The molecule has 14 aromatic rings. The molecule has 0 saturated heterocycles. The summed E-state index contributed by atoms with van der Waals surface area (Å²) in [5.74, 6) is 0.736. The first-order valence-corrected chi connectivity index (χ1v) is 26.1. The van der Waals surface area contributed by atoms with Crippen molar-refractivity contribution in [2.75, 3.05) is 0 Å². The number of H-pyrrole nitrogens is 2. The minimum atomic E-state index is 0. The maximum Gasteiger partial charge on any atom is 2.00 e. The summed E-state index contributed by atoms with van der Waals surface area (Å²) in [6, 6.07) is 70.0. The van der Waals surface area contributed by atoms with Crippen molar-refractivity contribution < 1.29 is 49.9 Å². The molecule has 14 heteroatoms. The summed E-state index contributed by atoms with van der Waals surface area (Å²) in [5.41, 5.74) is 7.17. The van der Waals surface area contributed by atoms with Gasteiger partial charge in [0, 0.05) is 31.6 Å². The van der Waals surface area contributed by atoms with E-state index in [9.17, 15) is 20.4 Å². The van der Waals surface area contributed by atoms with Crippen molar-refractivity contribution in [1.82, 2.24) is 9.97 Å². The van der Waals surface area contributed by atoms with Crippen LogP contribution in [0, 0.1) is 0 Å². The molecule has 0 fully saturated rings. The predicted molar refractivity (Wildman–Crippen MR) is 301 cm³/mol. The Morgan fingerprint density at radius 3 is 1.11 bits per heavy atom. The molecule has 74 heavy (non-hydrogen) atoms. The maximum absolute atomic E-state index is 12.6. The largest absolute Gasteiger partial charge is 2.00 e. The van der Waals surface area contributed by atoms with Crippen molar-refractivity contribution in [3.8, 4) is 65.3 Å². The van der Waals surface area contributed by atoms with Crippen LogP contribution in [0.5, 0.6) is 23.0 Å². The van der Waals surface area contributed by atoms with Crippen LogP contribution in [0.15, 0.2) is 218 Å². The average Bonchev–Trinajstić information content (AvgIpc) is 4.25. The van der Waals surface area contributed by atoms with Gasteiger partial charge in [-0.15, -0.1) is 22.7 Å². The van der Waals surface area contributed by atoms with Gasteiger partial charge >= 0.3 is 10.1 Å². The van der Waals surface area contributed by atoms with E-state index in [4.69, 9.17) is 0 Å². The van der Waals surface area contributed by atoms with Crippen LogP contribution >= 0.6 is 45.3 Å². The number of phenols is 2. The summed E-state index contributed by atoms with van der Waals surface area (Å²) >= 11 is 6.42. The Bertz CT molecular complexity index is 3830. The summed E-state index contributed by atoms with van der Waals surface area (Å²) in [6.07, 6.45) is 0. The molecule has 4 N–H and O–H groups in total. The fourth-order valence-corrected chi connectivity index (χ4v) is 12.3. The van der Waals surface area contributed by atoms with E-state index in [-0.39, 0.29) is 52.6 Å². The van der Waals surface area contributed by atoms with Crippen LogP contribution in [0.1, 0.15) is 0 Å². The van der Waals surface area contributed by atoms with Crippen LogP contribution in [0.3, 0.4) is 0 Å². The molecule has 8 nitrogen and oxygen atoms in total. The van der Waals surface area contributed by atoms with Crippen molar-refractivity contribution in [1.29, 1.82) is 0 Å². The summed E-state index contributed by atoms with van der Waals surface area (Å²) in [5, 5.41) is 51.8. The van der Waals surface area contributed by atoms with Gasteiger partial charge < -0.3 is 20.4 Å². The molecule has 14 rings (SSSR count). The molecule has 4 heterocycles. The van der Waals surface area contributed by atoms with Crippen molar-refractivity contribution in [3.05, 3.63) is 218 Å². The fraction of sp³-hybridized carbons (Fsp3) is 0. The number of phenolic OH excluding ortho intramolecular Hbond substituents is 2. The molecular weight excluding hydrogens is 1040 g/mol.